The summed E-state index contributed by atoms with van der Waals surface area (Å²) in [5.41, 5.74) is 1.01. The molecule has 0 saturated carbocycles. The Morgan fingerprint density at radius 1 is 1.30 bits per heavy atom. The molecule has 1 aromatic carbocycles. The van der Waals surface area contributed by atoms with Crippen molar-refractivity contribution in [1.82, 2.24) is 10.2 Å². The van der Waals surface area contributed by atoms with E-state index in [1.54, 1.807) is 18.0 Å². The fraction of sp³-hybridized carbons (Fsp3) is 0.412. The maximum Gasteiger partial charge on any atom is 0.321 e. The van der Waals surface area contributed by atoms with Crippen molar-refractivity contribution < 1.29 is 14.3 Å². The lowest BCUT2D eigenvalue weighted by atomic mass is 9.97. The zero-order chi connectivity index (χ0) is 16.7. The second kappa shape index (κ2) is 8.72. The normalized spacial score (nSPS) is 15.7. The van der Waals surface area contributed by atoms with E-state index >= 15 is 0 Å². The average molecular weight is 381 g/mol. The molecule has 0 spiro atoms. The van der Waals surface area contributed by atoms with Gasteiger partial charge >= 0.3 is 12.0 Å². The first kappa shape index (κ1) is 17.5. The van der Waals surface area contributed by atoms with E-state index in [2.05, 4.69) is 21.2 Å². The van der Waals surface area contributed by atoms with Gasteiger partial charge in [-0.2, -0.15) is 0 Å². The monoisotopic (exact) mass is 380 g/mol. The number of urea groups is 1. The molecule has 0 bridgehead atoms. The number of carbonyl (C=O) groups excluding carboxylic acids is 2. The average Bonchev–Trinajstić information content (AvgIpc) is 2.57. The van der Waals surface area contributed by atoms with Crippen molar-refractivity contribution in [2.75, 3.05) is 19.7 Å². The van der Waals surface area contributed by atoms with Gasteiger partial charge in [0.05, 0.1) is 12.5 Å². The maximum absolute atomic E-state index is 12.1. The number of carbonyl (C=O) groups is 2. The van der Waals surface area contributed by atoms with E-state index in [0.29, 0.717) is 32.5 Å². The summed E-state index contributed by atoms with van der Waals surface area (Å²) in [6.45, 7) is 3.35. The molecule has 1 aliphatic rings. The van der Waals surface area contributed by atoms with Crippen LogP contribution in [-0.4, -0.2) is 36.6 Å². The van der Waals surface area contributed by atoms with Gasteiger partial charge in [0, 0.05) is 23.8 Å². The number of rotatable bonds is 4. The molecule has 2 amide bonds. The molecule has 1 N–H and O–H groups in total. The molecule has 0 radical (unpaired) electrons. The molecule has 6 heteroatoms. The van der Waals surface area contributed by atoms with Crippen LogP contribution in [0.4, 0.5) is 4.79 Å². The predicted molar refractivity (Wildman–Crippen MR) is 92.6 cm³/mol. The third kappa shape index (κ3) is 5.39. The zero-order valence-electron chi connectivity index (χ0n) is 13.1. The molecule has 0 unspecified atom stereocenters. The first-order chi connectivity index (χ1) is 11.1. The number of ether oxygens (including phenoxy) is 1. The van der Waals surface area contributed by atoms with Gasteiger partial charge in [-0.1, -0.05) is 28.1 Å². The molecular weight excluding hydrogens is 360 g/mol. The van der Waals surface area contributed by atoms with Crippen LogP contribution < -0.4 is 5.32 Å². The van der Waals surface area contributed by atoms with E-state index in [-0.39, 0.29) is 17.9 Å². The van der Waals surface area contributed by atoms with Crippen molar-refractivity contribution in [1.29, 1.82) is 0 Å². The number of benzene rings is 1. The molecular formula is C17H21BrN2O3. The molecule has 1 saturated heterocycles. The standard InChI is InChI=1S/C17H21BrN2O3/c1-2-23-16(21)14-8-11-20(12-9-14)17(22)19-10-7-13-3-5-15(18)6-4-13/h3-7,10,14H,2,8-9,11-12H2,1H3,(H,19,22)/b10-7+. The van der Waals surface area contributed by atoms with E-state index in [1.165, 1.54) is 0 Å². The van der Waals surface area contributed by atoms with E-state index < -0.39 is 0 Å². The molecule has 23 heavy (non-hydrogen) atoms. The Bertz CT molecular complexity index is 564. The number of piperidine rings is 1. The molecule has 1 aliphatic heterocycles. The largest absolute Gasteiger partial charge is 0.466 e. The van der Waals surface area contributed by atoms with E-state index in [0.717, 1.165) is 10.0 Å². The first-order valence-corrected chi connectivity index (χ1v) is 8.53. The summed E-state index contributed by atoms with van der Waals surface area (Å²) in [5, 5.41) is 2.76. The summed E-state index contributed by atoms with van der Waals surface area (Å²) >= 11 is 3.38. The van der Waals surface area contributed by atoms with Crippen LogP contribution in [0.3, 0.4) is 0 Å². The van der Waals surface area contributed by atoms with Gasteiger partial charge in [0.1, 0.15) is 0 Å². The van der Waals surface area contributed by atoms with Crippen LogP contribution in [0.15, 0.2) is 34.9 Å². The van der Waals surface area contributed by atoms with Crippen LogP contribution in [0.5, 0.6) is 0 Å². The van der Waals surface area contributed by atoms with Gasteiger partial charge in [0.25, 0.3) is 0 Å². The second-order valence-electron chi connectivity index (χ2n) is 5.35. The highest BCUT2D eigenvalue weighted by atomic mass is 79.9. The van der Waals surface area contributed by atoms with Crippen LogP contribution in [0.2, 0.25) is 0 Å². The molecule has 0 atom stereocenters. The van der Waals surface area contributed by atoms with Crippen LogP contribution in [0.25, 0.3) is 6.08 Å². The third-order valence-electron chi connectivity index (χ3n) is 3.75. The molecule has 5 nitrogen and oxygen atoms in total. The lowest BCUT2D eigenvalue weighted by Crippen LogP contribution is -2.44. The van der Waals surface area contributed by atoms with E-state index in [4.69, 9.17) is 4.74 Å². The second-order valence-corrected chi connectivity index (χ2v) is 6.26. The number of nitrogens with zero attached hydrogens (tertiary/aromatic N) is 1. The predicted octanol–water partition coefficient (Wildman–Crippen LogP) is 3.40. The Balaban J connectivity index is 1.76. The quantitative estimate of drug-likeness (QED) is 0.814. The molecule has 1 heterocycles. The van der Waals surface area contributed by atoms with Gasteiger partial charge in [0.15, 0.2) is 0 Å². The number of hydrogen-bond acceptors (Lipinski definition) is 3. The Morgan fingerprint density at radius 2 is 1.96 bits per heavy atom. The van der Waals surface area contributed by atoms with Crippen LogP contribution in [-0.2, 0) is 9.53 Å². The first-order valence-electron chi connectivity index (χ1n) is 7.74. The topological polar surface area (TPSA) is 58.6 Å². The summed E-state index contributed by atoms with van der Waals surface area (Å²) in [6, 6.07) is 7.67. The lowest BCUT2D eigenvalue weighted by molar-refractivity contribution is -0.149. The van der Waals surface area contributed by atoms with Crippen molar-refractivity contribution >= 4 is 34.0 Å². The number of halogens is 1. The summed E-state index contributed by atoms with van der Waals surface area (Å²) in [4.78, 5) is 25.5. The van der Waals surface area contributed by atoms with Gasteiger partial charge in [0.2, 0.25) is 0 Å². The van der Waals surface area contributed by atoms with Gasteiger partial charge in [-0.15, -0.1) is 0 Å². The number of hydrogen-bond donors (Lipinski definition) is 1. The maximum atomic E-state index is 12.1. The van der Waals surface area contributed by atoms with E-state index in [1.807, 2.05) is 30.3 Å². The van der Waals surface area contributed by atoms with E-state index in [9.17, 15) is 9.59 Å². The van der Waals surface area contributed by atoms with Crippen LogP contribution in [0.1, 0.15) is 25.3 Å². The SMILES string of the molecule is CCOC(=O)C1CCN(C(=O)N/C=C/c2ccc(Br)cc2)CC1. The highest BCUT2D eigenvalue weighted by molar-refractivity contribution is 9.10. The Labute approximate surface area is 144 Å². The molecule has 1 fully saturated rings. The molecule has 124 valence electrons. The molecule has 0 aliphatic carbocycles. The summed E-state index contributed by atoms with van der Waals surface area (Å²) < 4.78 is 6.04. The fourth-order valence-electron chi connectivity index (χ4n) is 2.45. The highest BCUT2D eigenvalue weighted by Gasteiger charge is 2.27. The van der Waals surface area contributed by atoms with Gasteiger partial charge < -0.3 is 15.0 Å². The van der Waals surface area contributed by atoms with Crippen molar-refractivity contribution in [3.8, 4) is 0 Å². The van der Waals surface area contributed by atoms with Crippen molar-refractivity contribution in [3.63, 3.8) is 0 Å². The number of nitrogens with one attached hydrogen (secondary N) is 1. The van der Waals surface area contributed by atoms with Crippen molar-refractivity contribution in [2.24, 2.45) is 5.92 Å². The fourth-order valence-corrected chi connectivity index (χ4v) is 2.72. The third-order valence-corrected chi connectivity index (χ3v) is 4.28. The van der Waals surface area contributed by atoms with Gasteiger partial charge in [-0.05, 0) is 43.5 Å². The van der Waals surface area contributed by atoms with Crippen LogP contribution >= 0.6 is 15.9 Å². The van der Waals surface area contributed by atoms with Crippen molar-refractivity contribution in [2.45, 2.75) is 19.8 Å². The minimum atomic E-state index is -0.150. The molecule has 2 rings (SSSR count). The van der Waals surface area contributed by atoms with Crippen molar-refractivity contribution in [3.05, 3.63) is 40.5 Å². The Kier molecular flexibility index (Phi) is 6.65. The number of likely N-dealkylation sites (tertiary alicyclic amines) is 1. The summed E-state index contributed by atoms with van der Waals surface area (Å²) in [6.07, 6.45) is 4.80. The summed E-state index contributed by atoms with van der Waals surface area (Å²) in [7, 11) is 0. The Hall–Kier alpha value is -1.82. The Morgan fingerprint density at radius 3 is 2.57 bits per heavy atom. The molecule has 0 aromatic heterocycles. The molecule has 1 aromatic rings. The number of amides is 2. The highest BCUT2D eigenvalue weighted by Crippen LogP contribution is 2.18. The van der Waals surface area contributed by atoms with Crippen LogP contribution in [0, 0.1) is 5.92 Å². The zero-order valence-corrected chi connectivity index (χ0v) is 14.7. The number of esters is 1. The summed E-state index contributed by atoms with van der Waals surface area (Å²) in [5.74, 6) is -0.236. The van der Waals surface area contributed by atoms with Gasteiger partial charge in [-0.3, -0.25) is 4.79 Å². The minimum absolute atomic E-state index is 0.0858. The smallest absolute Gasteiger partial charge is 0.321 e. The minimum Gasteiger partial charge on any atom is -0.466 e. The van der Waals surface area contributed by atoms with Gasteiger partial charge in [-0.25, -0.2) is 4.79 Å². The lowest BCUT2D eigenvalue weighted by Gasteiger charge is -2.30.